The lowest BCUT2D eigenvalue weighted by molar-refractivity contribution is -0.384. The molecule has 2 heterocycles. The summed E-state index contributed by atoms with van der Waals surface area (Å²) < 4.78 is 5.46. The topological polar surface area (TPSA) is 123 Å². The molecule has 2 aromatic heterocycles. The van der Waals surface area contributed by atoms with E-state index in [1.165, 1.54) is 24.5 Å². The molecule has 9 heteroatoms. The van der Waals surface area contributed by atoms with Crippen LogP contribution in [0.3, 0.4) is 0 Å². The first kappa shape index (κ1) is 12.1. The second-order valence-corrected chi connectivity index (χ2v) is 4.16. The lowest BCUT2D eigenvalue weighted by atomic mass is 10.3. The number of non-ortho nitro benzene ring substituents is 1. The number of nitro benzene ring substituents is 1. The Morgan fingerprint density at radius 1 is 1.50 bits per heavy atom. The molecular formula is C11H10N6O3. The van der Waals surface area contributed by atoms with Crippen molar-refractivity contribution in [3.05, 3.63) is 40.5 Å². The van der Waals surface area contributed by atoms with Crippen LogP contribution in [0.15, 0.2) is 28.9 Å². The maximum Gasteiger partial charge on any atom is 0.296 e. The van der Waals surface area contributed by atoms with Crippen molar-refractivity contribution in [2.24, 2.45) is 0 Å². The second kappa shape index (κ2) is 4.61. The molecule has 1 atom stereocenters. The first-order valence-corrected chi connectivity index (χ1v) is 5.80. The third-order valence-corrected chi connectivity index (χ3v) is 2.77. The zero-order valence-corrected chi connectivity index (χ0v) is 10.4. The summed E-state index contributed by atoms with van der Waals surface area (Å²) in [5.74, 6) is 0.637. The fourth-order valence-electron chi connectivity index (χ4n) is 1.77. The van der Waals surface area contributed by atoms with Gasteiger partial charge in [-0.05, 0) is 13.0 Å². The van der Waals surface area contributed by atoms with Crippen LogP contribution in [-0.2, 0) is 0 Å². The molecule has 102 valence electrons. The molecular weight excluding hydrogens is 264 g/mol. The smallest absolute Gasteiger partial charge is 0.296 e. The van der Waals surface area contributed by atoms with Crippen molar-refractivity contribution in [1.82, 2.24) is 20.2 Å². The van der Waals surface area contributed by atoms with Gasteiger partial charge < -0.3 is 9.73 Å². The summed E-state index contributed by atoms with van der Waals surface area (Å²) in [4.78, 5) is 18.4. The summed E-state index contributed by atoms with van der Waals surface area (Å²) in [5.41, 5.74) is 0.870. The average molecular weight is 274 g/mol. The van der Waals surface area contributed by atoms with Gasteiger partial charge >= 0.3 is 0 Å². The normalized spacial score (nSPS) is 12.4. The van der Waals surface area contributed by atoms with Crippen molar-refractivity contribution in [1.29, 1.82) is 0 Å². The first-order valence-electron chi connectivity index (χ1n) is 5.80. The van der Waals surface area contributed by atoms with Crippen molar-refractivity contribution in [3.63, 3.8) is 0 Å². The van der Waals surface area contributed by atoms with E-state index in [9.17, 15) is 10.1 Å². The number of anilines is 1. The lowest BCUT2D eigenvalue weighted by Gasteiger charge is -2.07. The fraction of sp³-hybridized carbons (Fsp3) is 0.182. The van der Waals surface area contributed by atoms with E-state index in [-0.39, 0.29) is 17.7 Å². The van der Waals surface area contributed by atoms with Gasteiger partial charge in [0.15, 0.2) is 5.58 Å². The summed E-state index contributed by atoms with van der Waals surface area (Å²) in [5, 5.41) is 20.2. The van der Waals surface area contributed by atoms with Gasteiger partial charge in [0.2, 0.25) is 0 Å². The van der Waals surface area contributed by atoms with Gasteiger partial charge in [-0.2, -0.15) is 10.1 Å². The number of hydrogen-bond donors (Lipinski definition) is 2. The van der Waals surface area contributed by atoms with E-state index in [1.54, 1.807) is 0 Å². The number of fused-ring (bicyclic) bond motifs is 1. The molecule has 0 aliphatic rings. The van der Waals surface area contributed by atoms with Crippen molar-refractivity contribution in [3.8, 4) is 0 Å². The van der Waals surface area contributed by atoms with Gasteiger partial charge in [-0.25, -0.2) is 4.98 Å². The van der Waals surface area contributed by atoms with E-state index in [2.05, 4.69) is 25.5 Å². The zero-order valence-electron chi connectivity index (χ0n) is 10.4. The number of oxazole rings is 1. The molecule has 0 aliphatic heterocycles. The first-order chi connectivity index (χ1) is 9.63. The van der Waals surface area contributed by atoms with Crippen molar-refractivity contribution in [2.45, 2.75) is 13.0 Å². The highest BCUT2D eigenvalue weighted by atomic mass is 16.6. The van der Waals surface area contributed by atoms with Crippen molar-refractivity contribution < 1.29 is 9.34 Å². The van der Waals surface area contributed by atoms with Gasteiger partial charge in [-0.3, -0.25) is 15.2 Å². The van der Waals surface area contributed by atoms with E-state index in [0.717, 1.165) is 0 Å². The fourth-order valence-corrected chi connectivity index (χ4v) is 1.77. The number of nitrogens with zero attached hydrogens (tertiary/aromatic N) is 4. The molecule has 0 fully saturated rings. The van der Waals surface area contributed by atoms with Crippen LogP contribution in [0, 0.1) is 10.1 Å². The molecule has 0 saturated carbocycles. The molecule has 9 nitrogen and oxygen atoms in total. The van der Waals surface area contributed by atoms with Crippen LogP contribution in [0.25, 0.3) is 11.1 Å². The Balaban J connectivity index is 1.87. The number of nitro groups is 1. The third kappa shape index (κ3) is 2.16. The van der Waals surface area contributed by atoms with Crippen molar-refractivity contribution >= 4 is 22.8 Å². The summed E-state index contributed by atoms with van der Waals surface area (Å²) in [6.07, 6.45) is 1.41. The second-order valence-electron chi connectivity index (χ2n) is 4.16. The van der Waals surface area contributed by atoms with E-state index < -0.39 is 4.92 Å². The zero-order chi connectivity index (χ0) is 14.1. The van der Waals surface area contributed by atoms with Crippen LogP contribution in [0.5, 0.6) is 0 Å². The molecule has 0 amide bonds. The molecule has 0 aliphatic carbocycles. The predicted molar refractivity (Wildman–Crippen MR) is 69.1 cm³/mol. The van der Waals surface area contributed by atoms with Gasteiger partial charge in [0, 0.05) is 12.1 Å². The van der Waals surface area contributed by atoms with Crippen LogP contribution >= 0.6 is 0 Å². The summed E-state index contributed by atoms with van der Waals surface area (Å²) in [7, 11) is 0. The molecule has 1 aromatic carbocycles. The highest BCUT2D eigenvalue weighted by Crippen LogP contribution is 2.25. The Kier molecular flexibility index (Phi) is 2.78. The number of hydrogen-bond acceptors (Lipinski definition) is 7. The molecule has 0 bridgehead atoms. The van der Waals surface area contributed by atoms with Crippen LogP contribution in [0.1, 0.15) is 18.8 Å². The highest BCUT2D eigenvalue weighted by molar-refractivity contribution is 5.77. The lowest BCUT2D eigenvalue weighted by Crippen LogP contribution is -2.08. The van der Waals surface area contributed by atoms with Gasteiger partial charge in [0.1, 0.15) is 17.7 Å². The van der Waals surface area contributed by atoms with Gasteiger partial charge in [0.05, 0.1) is 11.0 Å². The SMILES string of the molecule is CC(Nc1nc2cc([N+](=O)[O-])ccc2o1)c1ncn[nH]1. The van der Waals surface area contributed by atoms with Crippen molar-refractivity contribution in [2.75, 3.05) is 5.32 Å². The van der Waals surface area contributed by atoms with E-state index in [1.807, 2.05) is 6.92 Å². The number of benzene rings is 1. The summed E-state index contributed by atoms with van der Waals surface area (Å²) >= 11 is 0. The molecule has 0 radical (unpaired) electrons. The molecule has 20 heavy (non-hydrogen) atoms. The van der Waals surface area contributed by atoms with Crippen LogP contribution in [0.4, 0.5) is 11.7 Å². The van der Waals surface area contributed by atoms with Crippen LogP contribution in [-0.4, -0.2) is 25.1 Å². The molecule has 2 N–H and O–H groups in total. The Morgan fingerprint density at radius 2 is 2.35 bits per heavy atom. The quantitative estimate of drug-likeness (QED) is 0.551. The molecule has 3 aromatic rings. The predicted octanol–water partition coefficient (Wildman–Crippen LogP) is 2.03. The minimum absolute atomic E-state index is 0.0272. The minimum Gasteiger partial charge on any atom is -0.424 e. The van der Waals surface area contributed by atoms with Gasteiger partial charge in [-0.15, -0.1) is 0 Å². The van der Waals surface area contributed by atoms with Gasteiger partial charge in [0.25, 0.3) is 11.7 Å². The maximum absolute atomic E-state index is 10.7. The number of H-pyrrole nitrogens is 1. The molecule has 1 unspecified atom stereocenters. The molecule has 0 spiro atoms. The number of aromatic nitrogens is 4. The minimum atomic E-state index is -0.474. The van der Waals surface area contributed by atoms with Crippen LogP contribution < -0.4 is 5.32 Å². The van der Waals surface area contributed by atoms with Crippen LogP contribution in [0.2, 0.25) is 0 Å². The maximum atomic E-state index is 10.7. The Morgan fingerprint density at radius 3 is 3.05 bits per heavy atom. The molecule has 0 saturated heterocycles. The van der Waals surface area contributed by atoms with Gasteiger partial charge in [-0.1, -0.05) is 0 Å². The average Bonchev–Trinajstić information content (AvgIpc) is 3.06. The number of aromatic amines is 1. The van der Waals surface area contributed by atoms with E-state index in [4.69, 9.17) is 4.42 Å². The number of rotatable bonds is 4. The Bertz CT molecular complexity index is 751. The third-order valence-electron chi connectivity index (χ3n) is 2.77. The van der Waals surface area contributed by atoms with E-state index in [0.29, 0.717) is 16.9 Å². The summed E-state index contributed by atoms with van der Waals surface area (Å²) in [6, 6.07) is 4.34. The standard InChI is InChI=1S/C11H10N6O3/c1-6(10-12-5-13-16-10)14-11-15-8-4-7(17(18)19)2-3-9(8)20-11/h2-6H,1H3,(H,14,15)(H,12,13,16). The number of nitrogens with one attached hydrogen (secondary N) is 2. The summed E-state index contributed by atoms with van der Waals surface area (Å²) in [6.45, 7) is 1.86. The Labute approximate surface area is 112 Å². The monoisotopic (exact) mass is 274 g/mol. The largest absolute Gasteiger partial charge is 0.424 e. The van der Waals surface area contributed by atoms with E-state index >= 15 is 0 Å². The highest BCUT2D eigenvalue weighted by Gasteiger charge is 2.14. The molecule has 3 rings (SSSR count). The Hall–Kier alpha value is -2.97.